The van der Waals surface area contributed by atoms with Crippen molar-refractivity contribution in [2.45, 2.75) is 29.6 Å². The van der Waals surface area contributed by atoms with Crippen LogP contribution in [0.15, 0.2) is 53.4 Å². The molecule has 2 atom stereocenters. The predicted molar refractivity (Wildman–Crippen MR) is 82.4 cm³/mol. The maximum Gasteiger partial charge on any atom is 0.119 e. The second-order valence-corrected chi connectivity index (χ2v) is 6.20. The number of benzene rings is 2. The van der Waals surface area contributed by atoms with E-state index in [-0.39, 0.29) is 5.25 Å². The van der Waals surface area contributed by atoms with Crippen molar-refractivity contribution in [1.82, 2.24) is 0 Å². The molecule has 2 unspecified atom stereocenters. The molecule has 1 aliphatic heterocycles. The quantitative estimate of drug-likeness (QED) is 0.926. The molecule has 0 fully saturated rings. The third kappa shape index (κ3) is 2.69. The first kappa shape index (κ1) is 13.5. The van der Waals surface area contributed by atoms with Crippen LogP contribution in [0.3, 0.4) is 0 Å². The van der Waals surface area contributed by atoms with E-state index in [9.17, 15) is 5.11 Å². The molecule has 2 aromatic carbocycles. The van der Waals surface area contributed by atoms with Crippen LogP contribution in [-0.2, 0) is 6.42 Å². The van der Waals surface area contributed by atoms with Gasteiger partial charge in [-0.1, -0.05) is 30.3 Å². The number of hydrogen-bond donors (Lipinski definition) is 1. The van der Waals surface area contributed by atoms with Gasteiger partial charge in [-0.05, 0) is 42.7 Å². The highest BCUT2D eigenvalue weighted by Gasteiger charge is 2.28. The van der Waals surface area contributed by atoms with Crippen LogP contribution in [0.5, 0.6) is 5.75 Å². The van der Waals surface area contributed by atoms with Crippen LogP contribution in [0.25, 0.3) is 0 Å². The molecule has 1 N–H and O–H groups in total. The maximum absolute atomic E-state index is 10.6. The minimum absolute atomic E-state index is 0.199. The summed E-state index contributed by atoms with van der Waals surface area (Å²) in [5.41, 5.74) is 2.30. The Morgan fingerprint density at radius 3 is 2.65 bits per heavy atom. The van der Waals surface area contributed by atoms with Gasteiger partial charge in [0.2, 0.25) is 0 Å². The Kier molecular flexibility index (Phi) is 3.99. The highest BCUT2D eigenvalue weighted by atomic mass is 32.2. The Bertz CT molecular complexity index is 555. The molecule has 2 nitrogen and oxygen atoms in total. The normalized spacial score (nSPS) is 18.6. The first-order valence-electron chi connectivity index (χ1n) is 6.93. The highest BCUT2D eigenvalue weighted by Crippen LogP contribution is 2.42. The maximum atomic E-state index is 10.6. The van der Waals surface area contributed by atoms with Crippen molar-refractivity contribution in [3.8, 4) is 5.75 Å². The molecule has 1 heterocycles. The number of aliphatic hydroxyl groups excluding tert-OH is 1. The molecule has 2 aromatic rings. The number of hydrogen-bond acceptors (Lipinski definition) is 3. The Labute approximate surface area is 123 Å². The lowest BCUT2D eigenvalue weighted by Gasteiger charge is -2.17. The second kappa shape index (κ2) is 5.90. The molecule has 0 amide bonds. The van der Waals surface area contributed by atoms with Crippen LogP contribution in [0.2, 0.25) is 0 Å². The molecule has 0 aliphatic carbocycles. The van der Waals surface area contributed by atoms with Crippen LogP contribution < -0.4 is 4.74 Å². The minimum Gasteiger partial charge on any atom is -0.494 e. The smallest absolute Gasteiger partial charge is 0.119 e. The highest BCUT2D eigenvalue weighted by molar-refractivity contribution is 8.00. The summed E-state index contributed by atoms with van der Waals surface area (Å²) in [6.07, 6.45) is 0.484. The van der Waals surface area contributed by atoms with E-state index in [4.69, 9.17) is 4.74 Å². The van der Waals surface area contributed by atoms with Gasteiger partial charge in [0.25, 0.3) is 0 Å². The fourth-order valence-electron chi connectivity index (χ4n) is 2.53. The van der Waals surface area contributed by atoms with Gasteiger partial charge in [0.1, 0.15) is 5.75 Å². The van der Waals surface area contributed by atoms with Gasteiger partial charge in [-0.3, -0.25) is 0 Å². The van der Waals surface area contributed by atoms with Gasteiger partial charge < -0.3 is 9.84 Å². The third-order valence-electron chi connectivity index (χ3n) is 3.56. The topological polar surface area (TPSA) is 29.5 Å². The summed E-state index contributed by atoms with van der Waals surface area (Å²) in [4.78, 5) is 1.29. The number of aliphatic hydroxyl groups is 1. The lowest BCUT2D eigenvalue weighted by molar-refractivity contribution is 0.175. The number of thioether (sulfide) groups is 1. The van der Waals surface area contributed by atoms with E-state index in [2.05, 4.69) is 24.3 Å². The number of ether oxygens (including phenoxy) is 1. The summed E-state index contributed by atoms with van der Waals surface area (Å²) in [5.74, 6) is 0.853. The Balaban J connectivity index is 1.72. The summed E-state index contributed by atoms with van der Waals surface area (Å²) in [6.45, 7) is 2.63. The molecule has 104 valence electrons. The third-order valence-corrected chi connectivity index (χ3v) is 4.94. The largest absolute Gasteiger partial charge is 0.494 e. The first-order chi connectivity index (χ1) is 9.78. The molecule has 0 radical (unpaired) electrons. The van der Waals surface area contributed by atoms with E-state index >= 15 is 0 Å². The summed E-state index contributed by atoms with van der Waals surface area (Å²) in [5, 5.41) is 10.8. The van der Waals surface area contributed by atoms with Crippen LogP contribution in [0, 0.1) is 0 Å². The molecular weight excluding hydrogens is 268 g/mol. The fraction of sp³-hybridized carbons (Fsp3) is 0.294. The van der Waals surface area contributed by atoms with E-state index in [0.29, 0.717) is 6.61 Å². The van der Waals surface area contributed by atoms with Crippen LogP contribution in [0.4, 0.5) is 0 Å². The van der Waals surface area contributed by atoms with Crippen molar-refractivity contribution in [1.29, 1.82) is 0 Å². The van der Waals surface area contributed by atoms with Crippen molar-refractivity contribution >= 4 is 11.8 Å². The van der Waals surface area contributed by atoms with Gasteiger partial charge in [-0.15, -0.1) is 11.8 Å². The van der Waals surface area contributed by atoms with Crippen molar-refractivity contribution in [3.05, 3.63) is 59.7 Å². The summed E-state index contributed by atoms with van der Waals surface area (Å²) in [7, 11) is 0. The Hall–Kier alpha value is -1.45. The van der Waals surface area contributed by atoms with Crippen molar-refractivity contribution in [2.75, 3.05) is 6.61 Å². The second-order valence-electron chi connectivity index (χ2n) is 4.92. The fourth-order valence-corrected chi connectivity index (χ4v) is 3.86. The molecule has 0 bridgehead atoms. The zero-order valence-electron chi connectivity index (χ0n) is 11.5. The molecule has 1 aliphatic rings. The van der Waals surface area contributed by atoms with Crippen molar-refractivity contribution < 1.29 is 9.84 Å². The van der Waals surface area contributed by atoms with E-state index in [1.54, 1.807) is 11.8 Å². The lowest BCUT2D eigenvalue weighted by Crippen LogP contribution is -2.14. The summed E-state index contributed by atoms with van der Waals surface area (Å²) in [6, 6.07) is 16.2. The van der Waals surface area contributed by atoms with Crippen molar-refractivity contribution in [2.24, 2.45) is 0 Å². The predicted octanol–water partition coefficient (Wildman–Crippen LogP) is 3.84. The standard InChI is InChI=1S/C17H18O2S/c1-2-19-14-9-7-12(8-10-14)17(18)16-11-13-5-3-4-6-15(13)20-16/h3-10,16-18H,2,11H2,1H3. The van der Waals surface area contributed by atoms with Gasteiger partial charge >= 0.3 is 0 Å². The average molecular weight is 286 g/mol. The molecule has 20 heavy (non-hydrogen) atoms. The average Bonchev–Trinajstić information content (AvgIpc) is 2.91. The lowest BCUT2D eigenvalue weighted by atomic mass is 10.0. The van der Waals surface area contributed by atoms with Gasteiger partial charge in [-0.25, -0.2) is 0 Å². The SMILES string of the molecule is CCOc1ccc(C(O)C2Cc3ccccc3S2)cc1. The molecule has 0 saturated heterocycles. The molecule has 0 saturated carbocycles. The monoisotopic (exact) mass is 286 g/mol. The summed E-state index contributed by atoms with van der Waals surface area (Å²) < 4.78 is 5.43. The molecule has 0 aromatic heterocycles. The van der Waals surface area contributed by atoms with Gasteiger partial charge in [0.05, 0.1) is 12.7 Å². The van der Waals surface area contributed by atoms with Crippen LogP contribution in [-0.4, -0.2) is 17.0 Å². The van der Waals surface area contributed by atoms with E-state index in [1.165, 1.54) is 10.5 Å². The van der Waals surface area contributed by atoms with Gasteiger partial charge in [0.15, 0.2) is 0 Å². The molecule has 3 rings (SSSR count). The summed E-state index contributed by atoms with van der Waals surface area (Å²) >= 11 is 1.77. The Morgan fingerprint density at radius 1 is 1.20 bits per heavy atom. The van der Waals surface area contributed by atoms with E-state index < -0.39 is 6.10 Å². The zero-order valence-corrected chi connectivity index (χ0v) is 12.3. The van der Waals surface area contributed by atoms with Gasteiger partial charge in [0, 0.05) is 10.1 Å². The Morgan fingerprint density at radius 2 is 1.95 bits per heavy atom. The number of rotatable bonds is 4. The molecule has 3 heteroatoms. The van der Waals surface area contributed by atoms with Crippen molar-refractivity contribution in [3.63, 3.8) is 0 Å². The molecular formula is C17H18O2S. The minimum atomic E-state index is -0.442. The zero-order chi connectivity index (χ0) is 13.9. The molecule has 0 spiro atoms. The van der Waals surface area contributed by atoms with Crippen LogP contribution >= 0.6 is 11.8 Å². The van der Waals surface area contributed by atoms with E-state index in [1.807, 2.05) is 31.2 Å². The van der Waals surface area contributed by atoms with E-state index in [0.717, 1.165) is 17.7 Å². The van der Waals surface area contributed by atoms with Crippen LogP contribution in [0.1, 0.15) is 24.2 Å². The van der Waals surface area contributed by atoms with Gasteiger partial charge in [-0.2, -0.15) is 0 Å². The first-order valence-corrected chi connectivity index (χ1v) is 7.81. The number of fused-ring (bicyclic) bond motifs is 1.